The summed E-state index contributed by atoms with van der Waals surface area (Å²) in [6.07, 6.45) is 6.42. The molecule has 0 spiro atoms. The van der Waals surface area contributed by atoms with Gasteiger partial charge in [0.15, 0.2) is 0 Å². The molecule has 3 heterocycles. The molecule has 5 rings (SSSR count). The van der Waals surface area contributed by atoms with Crippen LogP contribution in [0.1, 0.15) is 42.1 Å². The first-order valence-corrected chi connectivity index (χ1v) is 11.9. The number of pyridine rings is 2. The molecule has 1 aliphatic carbocycles. The van der Waals surface area contributed by atoms with Crippen molar-refractivity contribution < 1.29 is 23.8 Å². The van der Waals surface area contributed by atoms with Crippen LogP contribution in [0.5, 0.6) is 5.88 Å². The van der Waals surface area contributed by atoms with E-state index in [1.54, 1.807) is 25.4 Å². The minimum absolute atomic E-state index is 0.0246. The van der Waals surface area contributed by atoms with Crippen LogP contribution in [0.3, 0.4) is 0 Å². The molecule has 35 heavy (non-hydrogen) atoms. The van der Waals surface area contributed by atoms with Crippen LogP contribution in [0, 0.1) is 11.7 Å². The molecule has 1 N–H and O–H groups in total. The molecule has 1 saturated carbocycles. The first-order valence-electron chi connectivity index (χ1n) is 11.9. The highest BCUT2D eigenvalue weighted by Gasteiger charge is 2.33. The molecule has 9 heteroatoms. The van der Waals surface area contributed by atoms with Gasteiger partial charge in [-0.2, -0.15) is 0 Å². The van der Waals surface area contributed by atoms with Crippen molar-refractivity contribution in [1.82, 2.24) is 9.55 Å². The zero-order valence-corrected chi connectivity index (χ0v) is 19.5. The number of anilines is 1. The third-order valence-corrected chi connectivity index (χ3v) is 7.09. The lowest BCUT2D eigenvalue weighted by Crippen LogP contribution is -2.35. The van der Waals surface area contributed by atoms with Gasteiger partial charge in [-0.05, 0) is 49.8 Å². The van der Waals surface area contributed by atoms with E-state index in [1.165, 1.54) is 12.3 Å². The van der Waals surface area contributed by atoms with E-state index in [4.69, 9.17) is 9.47 Å². The number of hydrogen-bond donors (Lipinski definition) is 1. The van der Waals surface area contributed by atoms with Crippen molar-refractivity contribution >= 4 is 22.6 Å². The molecule has 2 aliphatic rings. The van der Waals surface area contributed by atoms with Crippen LogP contribution in [0.15, 0.2) is 47.5 Å². The van der Waals surface area contributed by atoms with Crippen LogP contribution in [0.2, 0.25) is 0 Å². The highest BCUT2D eigenvalue weighted by atomic mass is 19.1. The number of carbonyl (C=O) groups is 1. The summed E-state index contributed by atoms with van der Waals surface area (Å²) < 4.78 is 28.3. The second kappa shape index (κ2) is 9.65. The predicted molar refractivity (Wildman–Crippen MR) is 129 cm³/mol. The molecule has 0 radical (unpaired) electrons. The number of benzene rings is 1. The Morgan fingerprint density at radius 2 is 2.09 bits per heavy atom. The van der Waals surface area contributed by atoms with E-state index >= 15 is 4.39 Å². The lowest BCUT2D eigenvalue weighted by Gasteiger charge is -2.37. The summed E-state index contributed by atoms with van der Waals surface area (Å²) in [5.41, 5.74) is -0.0664. The zero-order chi connectivity index (χ0) is 24.5. The second-order valence-electron chi connectivity index (χ2n) is 9.32. The molecule has 0 amide bonds. The SMILES string of the molecule is COCC1CC(n2cc(C(=O)O)c(=O)c3cc(F)c(N4CCC[C@@H]4COc4ccccn4)cc32)C1. The molecule has 184 valence electrons. The fourth-order valence-electron chi connectivity index (χ4n) is 5.27. The number of carboxylic acid groups (broad SMARTS) is 1. The zero-order valence-electron chi connectivity index (χ0n) is 19.5. The number of ether oxygens (including phenoxy) is 2. The Morgan fingerprint density at radius 1 is 1.26 bits per heavy atom. The largest absolute Gasteiger partial charge is 0.477 e. The van der Waals surface area contributed by atoms with E-state index in [9.17, 15) is 14.7 Å². The Hall–Kier alpha value is -3.46. The number of fused-ring (bicyclic) bond motifs is 1. The average molecular weight is 482 g/mol. The van der Waals surface area contributed by atoms with Crippen LogP contribution in [-0.4, -0.2) is 53.5 Å². The Labute approximate surface area is 201 Å². The van der Waals surface area contributed by atoms with Crippen molar-refractivity contribution in [2.24, 2.45) is 5.92 Å². The first kappa shape index (κ1) is 23.3. The fourth-order valence-corrected chi connectivity index (χ4v) is 5.27. The van der Waals surface area contributed by atoms with E-state index in [0.29, 0.717) is 42.8 Å². The summed E-state index contributed by atoms with van der Waals surface area (Å²) >= 11 is 0. The fraction of sp³-hybridized carbons (Fsp3) is 0.423. The molecule has 1 saturated heterocycles. The van der Waals surface area contributed by atoms with Crippen LogP contribution in [0.25, 0.3) is 10.9 Å². The lowest BCUT2D eigenvalue weighted by molar-refractivity contribution is 0.0688. The Bertz CT molecular complexity index is 1290. The van der Waals surface area contributed by atoms with Gasteiger partial charge in [0.25, 0.3) is 0 Å². The van der Waals surface area contributed by atoms with Crippen LogP contribution in [-0.2, 0) is 4.74 Å². The number of halogens is 1. The van der Waals surface area contributed by atoms with E-state index in [1.807, 2.05) is 21.6 Å². The quantitative estimate of drug-likeness (QED) is 0.522. The van der Waals surface area contributed by atoms with Crippen LogP contribution >= 0.6 is 0 Å². The first-order chi connectivity index (χ1) is 17.0. The van der Waals surface area contributed by atoms with Crippen LogP contribution in [0.4, 0.5) is 10.1 Å². The summed E-state index contributed by atoms with van der Waals surface area (Å²) in [5, 5.41) is 9.67. The van der Waals surface area contributed by atoms with Crippen LogP contribution < -0.4 is 15.1 Å². The summed E-state index contributed by atoms with van der Waals surface area (Å²) in [6.45, 7) is 1.65. The van der Waals surface area contributed by atoms with Gasteiger partial charge in [0, 0.05) is 50.1 Å². The Morgan fingerprint density at radius 3 is 2.80 bits per heavy atom. The molecular weight excluding hydrogens is 453 g/mol. The predicted octanol–water partition coefficient (Wildman–Crippen LogP) is 3.88. The normalized spacial score (nSPS) is 21.8. The van der Waals surface area contributed by atoms with Crippen molar-refractivity contribution in [1.29, 1.82) is 0 Å². The number of aromatic nitrogens is 2. The van der Waals surface area contributed by atoms with Gasteiger partial charge in [-0.1, -0.05) is 6.07 Å². The van der Waals surface area contributed by atoms with Gasteiger partial charge in [0.1, 0.15) is 18.0 Å². The van der Waals surface area contributed by atoms with E-state index in [2.05, 4.69) is 4.98 Å². The average Bonchev–Trinajstić information content (AvgIpc) is 3.29. The van der Waals surface area contributed by atoms with E-state index in [-0.39, 0.29) is 23.0 Å². The van der Waals surface area contributed by atoms with Gasteiger partial charge >= 0.3 is 5.97 Å². The number of methoxy groups -OCH3 is 1. The molecule has 2 fully saturated rings. The van der Waals surface area contributed by atoms with Gasteiger partial charge in [-0.15, -0.1) is 0 Å². The van der Waals surface area contributed by atoms with Crippen molar-refractivity contribution in [3.8, 4) is 5.88 Å². The number of carboxylic acids is 1. The summed E-state index contributed by atoms with van der Waals surface area (Å²) in [4.78, 5) is 30.8. The minimum Gasteiger partial charge on any atom is -0.477 e. The maximum atomic E-state index is 15.4. The topological polar surface area (TPSA) is 93.9 Å². The van der Waals surface area contributed by atoms with Gasteiger partial charge in [0.05, 0.1) is 17.2 Å². The summed E-state index contributed by atoms with van der Waals surface area (Å²) in [6, 6.07) is 8.31. The van der Waals surface area contributed by atoms with Gasteiger partial charge in [0.2, 0.25) is 11.3 Å². The molecule has 1 atom stereocenters. The molecule has 1 aliphatic heterocycles. The van der Waals surface area contributed by atoms with E-state index < -0.39 is 17.2 Å². The maximum absolute atomic E-state index is 15.4. The number of nitrogens with zero attached hydrogens (tertiary/aromatic N) is 3. The summed E-state index contributed by atoms with van der Waals surface area (Å²) in [5.74, 6) is -0.961. The monoisotopic (exact) mass is 481 g/mol. The molecule has 0 unspecified atom stereocenters. The number of rotatable bonds is 8. The van der Waals surface area contributed by atoms with E-state index in [0.717, 1.165) is 25.7 Å². The van der Waals surface area contributed by atoms with Crippen molar-refractivity contribution in [2.75, 3.05) is 31.8 Å². The number of aromatic carboxylic acids is 1. The smallest absolute Gasteiger partial charge is 0.341 e. The standard InChI is InChI=1S/C26H28FN3O5/c1-34-14-16-9-18(10-16)30-13-20(26(32)33)25(31)19-11-21(27)23(12-22(19)30)29-8-4-5-17(29)15-35-24-6-2-3-7-28-24/h2-3,6-7,11-13,16-18H,4-5,8-10,14-15H2,1H3,(H,32,33)/t16?,17-,18?/m1/s1. The molecular formula is C26H28FN3O5. The molecule has 8 nitrogen and oxygen atoms in total. The summed E-state index contributed by atoms with van der Waals surface area (Å²) in [7, 11) is 1.66. The molecule has 2 aromatic heterocycles. The Balaban J connectivity index is 1.51. The van der Waals surface area contributed by atoms with Crippen molar-refractivity contribution in [3.05, 3.63) is 64.3 Å². The molecule has 1 aromatic carbocycles. The molecule has 3 aromatic rings. The third-order valence-electron chi connectivity index (χ3n) is 7.09. The highest BCUT2D eigenvalue weighted by molar-refractivity contribution is 5.93. The third kappa shape index (κ3) is 4.48. The van der Waals surface area contributed by atoms with Crippen molar-refractivity contribution in [2.45, 2.75) is 37.8 Å². The number of hydrogen-bond acceptors (Lipinski definition) is 6. The Kier molecular flexibility index (Phi) is 6.42. The van der Waals surface area contributed by atoms with Crippen molar-refractivity contribution in [3.63, 3.8) is 0 Å². The maximum Gasteiger partial charge on any atom is 0.341 e. The lowest BCUT2D eigenvalue weighted by atomic mass is 9.80. The van der Waals surface area contributed by atoms with Gasteiger partial charge in [-0.25, -0.2) is 14.2 Å². The highest BCUT2D eigenvalue weighted by Crippen LogP contribution is 2.40. The molecule has 0 bridgehead atoms. The van der Waals surface area contributed by atoms with Gasteiger partial charge in [-0.3, -0.25) is 4.79 Å². The second-order valence-corrected chi connectivity index (χ2v) is 9.32. The minimum atomic E-state index is -1.31. The van der Waals surface area contributed by atoms with Gasteiger partial charge < -0.3 is 24.0 Å².